The van der Waals surface area contributed by atoms with Crippen LogP contribution in [0, 0.1) is 5.92 Å². The van der Waals surface area contributed by atoms with Crippen LogP contribution >= 0.6 is 0 Å². The number of hydrogen-bond donors (Lipinski definition) is 1. The number of aromatic nitrogens is 1. The smallest absolute Gasteiger partial charge is 0.250 e. The van der Waals surface area contributed by atoms with Crippen LogP contribution in [0.1, 0.15) is 44.7 Å². The molecule has 0 spiro atoms. The van der Waals surface area contributed by atoms with Gasteiger partial charge in [-0.1, -0.05) is 19.9 Å². The van der Waals surface area contributed by atoms with E-state index in [9.17, 15) is 9.59 Å². The molecule has 1 unspecified atom stereocenters. The molecular weight excluding hydrogens is 326 g/mol. The molecule has 26 heavy (non-hydrogen) atoms. The molecule has 0 radical (unpaired) electrons. The van der Waals surface area contributed by atoms with E-state index in [1.165, 1.54) is 17.0 Å². The molecule has 2 bridgehead atoms. The van der Waals surface area contributed by atoms with Crippen molar-refractivity contribution >= 4 is 5.91 Å². The lowest BCUT2D eigenvalue weighted by Crippen LogP contribution is -3.14. The van der Waals surface area contributed by atoms with E-state index in [4.69, 9.17) is 0 Å². The summed E-state index contributed by atoms with van der Waals surface area (Å²) in [6.45, 7) is 9.77. The van der Waals surface area contributed by atoms with Crippen molar-refractivity contribution in [1.29, 1.82) is 0 Å². The van der Waals surface area contributed by atoms with Crippen molar-refractivity contribution in [2.45, 2.75) is 45.6 Å². The number of pyridine rings is 1. The molecule has 0 aromatic carbocycles. The predicted octanol–water partition coefficient (Wildman–Crippen LogP) is 1.06. The summed E-state index contributed by atoms with van der Waals surface area (Å²) in [5.41, 5.74) is 1.33. The first-order chi connectivity index (χ1) is 12.6. The SMILES string of the molecule is CCCN(CCC)C(=O)/C=C/C[NH+]1C[C@H]2C[C@H](C1)c1cccc(=O)n1C2. The highest BCUT2D eigenvalue weighted by Gasteiger charge is 2.36. The van der Waals surface area contributed by atoms with Gasteiger partial charge in [0.1, 0.15) is 0 Å². The summed E-state index contributed by atoms with van der Waals surface area (Å²) in [6, 6.07) is 5.66. The summed E-state index contributed by atoms with van der Waals surface area (Å²) in [4.78, 5) is 27.9. The van der Waals surface area contributed by atoms with Gasteiger partial charge in [0.2, 0.25) is 5.91 Å². The average molecular weight is 359 g/mol. The summed E-state index contributed by atoms with van der Waals surface area (Å²) in [7, 11) is 0. The van der Waals surface area contributed by atoms with Crippen molar-refractivity contribution in [3.8, 4) is 0 Å². The molecule has 0 saturated carbocycles. The Kier molecular flexibility index (Phi) is 6.30. The van der Waals surface area contributed by atoms with E-state index in [2.05, 4.69) is 26.0 Å². The number of carbonyl (C=O) groups is 1. The van der Waals surface area contributed by atoms with Crippen LogP contribution in [0.3, 0.4) is 0 Å². The zero-order chi connectivity index (χ0) is 18.5. The van der Waals surface area contributed by atoms with E-state index in [1.54, 1.807) is 12.1 Å². The van der Waals surface area contributed by atoms with Crippen LogP contribution in [0.5, 0.6) is 0 Å². The van der Waals surface area contributed by atoms with Crippen molar-refractivity contribution < 1.29 is 9.69 Å². The van der Waals surface area contributed by atoms with Crippen molar-refractivity contribution in [3.05, 3.63) is 46.4 Å². The van der Waals surface area contributed by atoms with E-state index in [-0.39, 0.29) is 11.5 Å². The molecule has 1 aromatic rings. The molecular formula is C21H32N3O2+. The van der Waals surface area contributed by atoms with Gasteiger partial charge in [0, 0.05) is 49.3 Å². The quantitative estimate of drug-likeness (QED) is 0.741. The maximum atomic E-state index is 12.4. The Morgan fingerprint density at radius 2 is 2.04 bits per heavy atom. The largest absolute Gasteiger partial charge is 0.339 e. The monoisotopic (exact) mass is 358 g/mol. The molecule has 1 aromatic heterocycles. The molecule has 0 aliphatic carbocycles. The number of hydrogen-bond acceptors (Lipinski definition) is 2. The van der Waals surface area contributed by atoms with Crippen molar-refractivity contribution in [2.75, 3.05) is 32.7 Å². The number of nitrogens with one attached hydrogen (secondary N) is 1. The second kappa shape index (κ2) is 8.67. The number of fused-ring (bicyclic) bond motifs is 4. The minimum Gasteiger partial charge on any atom is -0.339 e. The summed E-state index contributed by atoms with van der Waals surface area (Å²) in [5.74, 6) is 1.17. The summed E-state index contributed by atoms with van der Waals surface area (Å²) >= 11 is 0. The maximum absolute atomic E-state index is 12.4. The number of amides is 1. The third kappa shape index (κ3) is 4.26. The first kappa shape index (κ1) is 18.9. The van der Waals surface area contributed by atoms with Gasteiger partial charge in [-0.25, -0.2) is 0 Å². The summed E-state index contributed by atoms with van der Waals surface area (Å²) in [5, 5.41) is 0. The molecule has 3 heterocycles. The third-order valence-electron chi connectivity index (χ3n) is 5.64. The zero-order valence-electron chi connectivity index (χ0n) is 16.1. The molecule has 2 aliphatic heterocycles. The Morgan fingerprint density at radius 1 is 1.27 bits per heavy atom. The Bertz CT molecular complexity index is 703. The summed E-state index contributed by atoms with van der Waals surface area (Å²) < 4.78 is 1.97. The number of likely N-dealkylation sites (tertiary alicyclic amines) is 1. The Balaban J connectivity index is 1.59. The van der Waals surface area contributed by atoms with Crippen molar-refractivity contribution in [3.63, 3.8) is 0 Å². The van der Waals surface area contributed by atoms with E-state index >= 15 is 0 Å². The second-order valence-electron chi connectivity index (χ2n) is 7.79. The van der Waals surface area contributed by atoms with Gasteiger partial charge >= 0.3 is 0 Å². The van der Waals surface area contributed by atoms with Gasteiger partial charge in [0.05, 0.1) is 19.6 Å². The minimum atomic E-state index is 0.137. The van der Waals surface area contributed by atoms with Gasteiger partial charge in [-0.15, -0.1) is 0 Å². The lowest BCUT2D eigenvalue weighted by Gasteiger charge is -2.40. The van der Waals surface area contributed by atoms with Crippen molar-refractivity contribution in [1.82, 2.24) is 9.47 Å². The van der Waals surface area contributed by atoms with Gasteiger partial charge in [0.25, 0.3) is 5.56 Å². The van der Waals surface area contributed by atoms with E-state index in [0.29, 0.717) is 11.8 Å². The van der Waals surface area contributed by atoms with Crippen LogP contribution in [-0.2, 0) is 11.3 Å². The molecule has 5 heteroatoms. The molecule has 5 nitrogen and oxygen atoms in total. The molecule has 3 atom stereocenters. The van der Waals surface area contributed by atoms with E-state index in [1.807, 2.05) is 15.5 Å². The highest BCUT2D eigenvalue weighted by atomic mass is 16.2. The molecule has 2 aliphatic rings. The fourth-order valence-corrected chi connectivity index (χ4v) is 4.59. The average Bonchev–Trinajstić information content (AvgIpc) is 2.62. The number of nitrogens with zero attached hydrogens (tertiary/aromatic N) is 2. The summed E-state index contributed by atoms with van der Waals surface area (Å²) in [6.07, 6.45) is 7.00. The lowest BCUT2D eigenvalue weighted by molar-refractivity contribution is -0.905. The fraction of sp³-hybridized carbons (Fsp3) is 0.619. The van der Waals surface area contributed by atoms with Crippen LogP contribution < -0.4 is 10.5 Å². The van der Waals surface area contributed by atoms with Crippen LogP contribution in [-0.4, -0.2) is 48.1 Å². The predicted molar refractivity (Wildman–Crippen MR) is 103 cm³/mol. The number of piperidine rings is 1. The van der Waals surface area contributed by atoms with Gasteiger partial charge in [-0.3, -0.25) is 9.59 Å². The van der Waals surface area contributed by atoms with Crippen molar-refractivity contribution in [2.24, 2.45) is 5.92 Å². The first-order valence-electron chi connectivity index (χ1n) is 10.1. The molecule has 3 rings (SSSR count). The molecule has 1 N–H and O–H groups in total. The van der Waals surface area contributed by atoms with Crippen LogP contribution in [0.4, 0.5) is 0 Å². The Morgan fingerprint density at radius 3 is 2.77 bits per heavy atom. The molecule has 1 fully saturated rings. The topological polar surface area (TPSA) is 46.8 Å². The normalized spacial score (nSPS) is 24.5. The maximum Gasteiger partial charge on any atom is 0.250 e. The Hall–Kier alpha value is -1.88. The van der Waals surface area contributed by atoms with Crippen LogP contribution in [0.2, 0.25) is 0 Å². The number of rotatable bonds is 7. The lowest BCUT2D eigenvalue weighted by atomic mass is 9.83. The first-order valence-corrected chi connectivity index (χ1v) is 10.1. The van der Waals surface area contributed by atoms with Gasteiger partial charge in [-0.05, 0) is 31.4 Å². The Labute approximate surface area is 156 Å². The highest BCUT2D eigenvalue weighted by molar-refractivity contribution is 5.87. The minimum absolute atomic E-state index is 0.137. The third-order valence-corrected chi connectivity index (χ3v) is 5.64. The van der Waals surface area contributed by atoms with E-state index in [0.717, 1.165) is 52.1 Å². The fourth-order valence-electron chi connectivity index (χ4n) is 4.59. The number of quaternary nitrogens is 1. The number of carbonyl (C=O) groups excluding carboxylic acids is 1. The molecule has 1 saturated heterocycles. The molecule has 142 valence electrons. The van der Waals surface area contributed by atoms with E-state index < -0.39 is 0 Å². The van der Waals surface area contributed by atoms with Gasteiger partial charge < -0.3 is 14.4 Å². The standard InChI is InChI=1S/C21H31N3O2/c1-3-10-23(11-4-2)20(25)9-6-12-22-14-17-13-18(16-22)19-7-5-8-21(26)24(19)15-17/h5-9,17-18H,3-4,10-16H2,1-2H3/p+1/b9-6+/t17-,18-/m1/s1. The van der Waals surface area contributed by atoms with Crippen LogP contribution in [0.15, 0.2) is 35.1 Å². The van der Waals surface area contributed by atoms with Gasteiger partial charge in [0.15, 0.2) is 0 Å². The highest BCUT2D eigenvalue weighted by Crippen LogP contribution is 2.29. The van der Waals surface area contributed by atoms with Gasteiger partial charge in [-0.2, -0.15) is 0 Å². The zero-order valence-corrected chi connectivity index (χ0v) is 16.1. The molecule has 1 amide bonds. The second-order valence-corrected chi connectivity index (χ2v) is 7.79. The van der Waals surface area contributed by atoms with Crippen LogP contribution in [0.25, 0.3) is 0 Å².